The van der Waals surface area contributed by atoms with E-state index in [2.05, 4.69) is 18.4 Å². The Morgan fingerprint density at radius 1 is 1.41 bits per heavy atom. The largest absolute Gasteiger partial charge is 0.391 e. The highest BCUT2D eigenvalue weighted by Gasteiger charge is 2.12. The van der Waals surface area contributed by atoms with Crippen molar-refractivity contribution in [1.82, 2.24) is 0 Å². The lowest BCUT2D eigenvalue weighted by Crippen LogP contribution is -3.10. The van der Waals surface area contributed by atoms with E-state index < -0.39 is 0 Å². The first-order valence-corrected chi connectivity index (χ1v) is 7.11. The van der Waals surface area contributed by atoms with Gasteiger partial charge in [-0.05, 0) is 13.0 Å². The molecule has 0 fully saturated rings. The van der Waals surface area contributed by atoms with Crippen LogP contribution in [-0.4, -0.2) is 24.8 Å². The molecule has 0 spiro atoms. The van der Waals surface area contributed by atoms with Gasteiger partial charge < -0.3 is 10.0 Å². The Labute approximate surface area is 110 Å². The van der Waals surface area contributed by atoms with Crippen LogP contribution in [-0.2, 0) is 6.54 Å². The maximum atomic E-state index is 9.01. The first-order valence-electron chi connectivity index (χ1n) is 5.85. The van der Waals surface area contributed by atoms with Crippen molar-refractivity contribution in [3.63, 3.8) is 0 Å². The van der Waals surface area contributed by atoms with E-state index in [1.165, 1.54) is 20.5 Å². The second-order valence-electron chi connectivity index (χ2n) is 4.13. The first kappa shape index (κ1) is 12.8. The summed E-state index contributed by atoms with van der Waals surface area (Å²) in [5, 5.41) is 13.3. The van der Waals surface area contributed by atoms with Gasteiger partial charge in [0.05, 0.1) is 22.9 Å². The minimum absolute atomic E-state index is 0.242. The Balaban J connectivity index is 2.27. The summed E-state index contributed by atoms with van der Waals surface area (Å²) in [7, 11) is 0. The standard InChI is InChI=1S/C13H16ClNOS/c1-2-15(6-7-16)8-10-9-17-13-11(10)4-3-5-12(13)14/h3-5,9,16H,2,6-8H2,1H3/p+1. The van der Waals surface area contributed by atoms with Crippen molar-refractivity contribution >= 4 is 33.0 Å². The van der Waals surface area contributed by atoms with Crippen LogP contribution in [0.15, 0.2) is 23.6 Å². The van der Waals surface area contributed by atoms with Crippen LogP contribution in [0.1, 0.15) is 12.5 Å². The van der Waals surface area contributed by atoms with Gasteiger partial charge in [0.25, 0.3) is 0 Å². The van der Waals surface area contributed by atoms with Gasteiger partial charge in [0.1, 0.15) is 13.1 Å². The number of likely N-dealkylation sites (N-methyl/N-ethyl adjacent to an activating group) is 1. The fourth-order valence-corrected chi connectivity index (χ4v) is 3.31. The SMILES string of the molecule is CC[NH+](CCO)Cc1csc2c(Cl)cccc12. The summed E-state index contributed by atoms with van der Waals surface area (Å²) in [6.07, 6.45) is 0. The second-order valence-corrected chi connectivity index (χ2v) is 5.42. The van der Waals surface area contributed by atoms with Crippen molar-refractivity contribution in [1.29, 1.82) is 0 Å². The van der Waals surface area contributed by atoms with Crippen LogP contribution in [0.3, 0.4) is 0 Å². The predicted octanol–water partition coefficient (Wildman–Crippen LogP) is 1.95. The zero-order valence-electron chi connectivity index (χ0n) is 9.87. The molecule has 1 unspecified atom stereocenters. The van der Waals surface area contributed by atoms with Gasteiger partial charge in [-0.1, -0.05) is 23.7 Å². The van der Waals surface area contributed by atoms with Gasteiger partial charge in [-0.2, -0.15) is 0 Å². The summed E-state index contributed by atoms with van der Waals surface area (Å²) in [5.74, 6) is 0. The smallest absolute Gasteiger partial charge is 0.104 e. The molecule has 2 N–H and O–H groups in total. The summed E-state index contributed by atoms with van der Waals surface area (Å²) >= 11 is 7.87. The van der Waals surface area contributed by atoms with Gasteiger partial charge >= 0.3 is 0 Å². The number of fused-ring (bicyclic) bond motifs is 1. The van der Waals surface area contributed by atoms with Crippen LogP contribution >= 0.6 is 22.9 Å². The average Bonchev–Trinajstić information content (AvgIpc) is 2.73. The summed E-state index contributed by atoms with van der Waals surface area (Å²) in [4.78, 5) is 1.40. The Morgan fingerprint density at radius 2 is 2.24 bits per heavy atom. The molecule has 0 saturated carbocycles. The van der Waals surface area contributed by atoms with Crippen molar-refractivity contribution in [2.75, 3.05) is 19.7 Å². The Bertz CT molecular complexity index is 497. The Kier molecular flexibility index (Phi) is 4.40. The molecular formula is C13H17ClNOS+. The van der Waals surface area contributed by atoms with Gasteiger partial charge in [0.2, 0.25) is 0 Å². The van der Waals surface area contributed by atoms with Crippen molar-refractivity contribution in [3.8, 4) is 0 Å². The molecule has 1 aromatic carbocycles. The summed E-state index contributed by atoms with van der Waals surface area (Å²) in [5.41, 5.74) is 1.33. The van der Waals surface area contributed by atoms with Crippen molar-refractivity contribution in [2.45, 2.75) is 13.5 Å². The van der Waals surface area contributed by atoms with E-state index in [-0.39, 0.29) is 6.61 Å². The van der Waals surface area contributed by atoms with Crippen LogP contribution in [0.4, 0.5) is 0 Å². The fourth-order valence-electron chi connectivity index (χ4n) is 2.03. The van der Waals surface area contributed by atoms with Crippen LogP contribution < -0.4 is 4.90 Å². The third-order valence-electron chi connectivity index (χ3n) is 3.04. The van der Waals surface area contributed by atoms with E-state index >= 15 is 0 Å². The fraction of sp³-hybridized carbons (Fsp3) is 0.385. The molecule has 0 aliphatic heterocycles. The molecule has 2 rings (SSSR count). The van der Waals surface area contributed by atoms with E-state index in [4.69, 9.17) is 16.7 Å². The van der Waals surface area contributed by atoms with E-state index in [9.17, 15) is 0 Å². The molecule has 1 atom stereocenters. The number of benzene rings is 1. The molecule has 0 aliphatic rings. The van der Waals surface area contributed by atoms with Gasteiger partial charge in [0, 0.05) is 16.3 Å². The minimum Gasteiger partial charge on any atom is -0.391 e. The van der Waals surface area contributed by atoms with E-state index in [0.29, 0.717) is 0 Å². The topological polar surface area (TPSA) is 24.7 Å². The van der Waals surface area contributed by atoms with Crippen molar-refractivity contribution in [3.05, 3.63) is 34.2 Å². The molecule has 0 aliphatic carbocycles. The third kappa shape index (κ3) is 2.80. The lowest BCUT2D eigenvalue weighted by atomic mass is 10.1. The lowest BCUT2D eigenvalue weighted by molar-refractivity contribution is -0.912. The molecule has 4 heteroatoms. The number of hydrogen-bond acceptors (Lipinski definition) is 2. The van der Waals surface area contributed by atoms with Crippen LogP contribution in [0.25, 0.3) is 10.1 Å². The predicted molar refractivity (Wildman–Crippen MR) is 74.0 cm³/mol. The molecule has 1 heterocycles. The van der Waals surface area contributed by atoms with Crippen LogP contribution in [0, 0.1) is 0 Å². The zero-order chi connectivity index (χ0) is 12.3. The van der Waals surface area contributed by atoms with Gasteiger partial charge in [0.15, 0.2) is 0 Å². The highest BCUT2D eigenvalue weighted by molar-refractivity contribution is 7.18. The maximum Gasteiger partial charge on any atom is 0.104 e. The minimum atomic E-state index is 0.242. The van der Waals surface area contributed by atoms with E-state index in [1.54, 1.807) is 11.3 Å². The van der Waals surface area contributed by atoms with Crippen LogP contribution in [0.5, 0.6) is 0 Å². The number of thiophene rings is 1. The Morgan fingerprint density at radius 3 is 2.94 bits per heavy atom. The molecule has 17 heavy (non-hydrogen) atoms. The molecular weight excluding hydrogens is 254 g/mol. The van der Waals surface area contributed by atoms with Gasteiger partial charge in [-0.25, -0.2) is 0 Å². The normalized spacial score (nSPS) is 13.1. The lowest BCUT2D eigenvalue weighted by Gasteiger charge is -2.15. The van der Waals surface area contributed by atoms with Gasteiger partial charge in [-0.15, -0.1) is 11.3 Å². The summed E-state index contributed by atoms with van der Waals surface area (Å²) < 4.78 is 1.17. The molecule has 0 saturated heterocycles. The van der Waals surface area contributed by atoms with E-state index in [0.717, 1.165) is 24.7 Å². The molecule has 1 aromatic heterocycles. The number of rotatable bonds is 5. The molecule has 92 valence electrons. The van der Waals surface area contributed by atoms with Crippen molar-refractivity contribution in [2.24, 2.45) is 0 Å². The van der Waals surface area contributed by atoms with E-state index in [1.807, 2.05) is 12.1 Å². The number of quaternary nitrogens is 1. The molecule has 0 bridgehead atoms. The summed E-state index contributed by atoms with van der Waals surface area (Å²) in [6.45, 7) is 5.17. The molecule has 0 amide bonds. The number of aliphatic hydroxyl groups excluding tert-OH is 1. The first-order chi connectivity index (χ1) is 8.26. The molecule has 2 nitrogen and oxygen atoms in total. The highest BCUT2D eigenvalue weighted by Crippen LogP contribution is 2.31. The number of aliphatic hydroxyl groups is 1. The monoisotopic (exact) mass is 270 g/mol. The quantitative estimate of drug-likeness (QED) is 0.853. The average molecular weight is 271 g/mol. The molecule has 0 radical (unpaired) electrons. The van der Waals surface area contributed by atoms with Gasteiger partial charge in [-0.3, -0.25) is 0 Å². The maximum absolute atomic E-state index is 9.01. The second kappa shape index (κ2) is 5.83. The number of nitrogens with one attached hydrogen (secondary N) is 1. The number of halogens is 1. The Hall–Kier alpha value is -0.610. The van der Waals surface area contributed by atoms with Crippen LogP contribution in [0.2, 0.25) is 5.02 Å². The highest BCUT2D eigenvalue weighted by atomic mass is 35.5. The number of hydrogen-bond donors (Lipinski definition) is 2. The molecule has 2 aromatic rings. The summed E-state index contributed by atoms with van der Waals surface area (Å²) in [6, 6.07) is 6.06. The third-order valence-corrected chi connectivity index (χ3v) is 4.54. The zero-order valence-corrected chi connectivity index (χ0v) is 11.4. The van der Waals surface area contributed by atoms with Crippen molar-refractivity contribution < 1.29 is 10.0 Å².